The van der Waals surface area contributed by atoms with Gasteiger partial charge in [0.05, 0.1) is 29.3 Å². The van der Waals surface area contributed by atoms with Crippen LogP contribution in [0.3, 0.4) is 0 Å². The maximum Gasteiger partial charge on any atom is 0.490 e. The van der Waals surface area contributed by atoms with E-state index in [1.54, 1.807) is 30.3 Å². The quantitative estimate of drug-likeness (QED) is 0.282. The van der Waals surface area contributed by atoms with Crippen LogP contribution in [0.15, 0.2) is 48.8 Å². The molecule has 4 aromatic rings. The standard InChI is InChI=1S/C20H16FN7O2.C2HF3O2/c1-28(17-4-2-3-16-13(17)8-23-27-16)18-14(21)9-22-19(26-18)24-12-5-6-15-11(7-12)10-30-20(29)25-15;3-2(4,5)1(6)7/h2-9H,10H2,1H3,(H,23,27)(H,25,29)(H,22,24,26);(H,6,7). The number of nitrogens with zero attached hydrogens (tertiary/aromatic N) is 4. The largest absolute Gasteiger partial charge is 0.490 e. The van der Waals surface area contributed by atoms with Gasteiger partial charge in [0, 0.05) is 23.7 Å². The number of nitrogens with one attached hydrogen (secondary N) is 3. The van der Waals surface area contributed by atoms with Crippen molar-refractivity contribution in [3.8, 4) is 0 Å². The average Bonchev–Trinajstić information content (AvgIpc) is 3.34. The molecule has 0 atom stereocenters. The molecule has 1 amide bonds. The Balaban J connectivity index is 0.000000405. The van der Waals surface area contributed by atoms with Gasteiger partial charge in [0.15, 0.2) is 11.6 Å². The summed E-state index contributed by atoms with van der Waals surface area (Å²) in [7, 11) is 1.73. The van der Waals surface area contributed by atoms with Crippen LogP contribution in [-0.4, -0.2) is 50.6 Å². The number of halogens is 4. The molecule has 4 N–H and O–H groups in total. The molecule has 192 valence electrons. The summed E-state index contributed by atoms with van der Waals surface area (Å²) in [6, 6.07) is 11.0. The maximum atomic E-state index is 14.6. The van der Waals surface area contributed by atoms with Crippen molar-refractivity contribution in [3.63, 3.8) is 0 Å². The summed E-state index contributed by atoms with van der Waals surface area (Å²) in [6.07, 6.45) is -2.75. The van der Waals surface area contributed by atoms with Crippen molar-refractivity contribution in [2.75, 3.05) is 22.6 Å². The van der Waals surface area contributed by atoms with Crippen molar-refractivity contribution < 1.29 is 37.0 Å². The third-order valence-corrected chi connectivity index (χ3v) is 5.07. The Hall–Kier alpha value is -4.95. The summed E-state index contributed by atoms with van der Waals surface area (Å²) in [4.78, 5) is 30.2. The summed E-state index contributed by atoms with van der Waals surface area (Å²) < 4.78 is 51.3. The van der Waals surface area contributed by atoms with Crippen molar-refractivity contribution in [1.29, 1.82) is 0 Å². The number of aromatic nitrogens is 4. The number of alkyl halides is 3. The molecule has 5 rings (SSSR count). The highest BCUT2D eigenvalue weighted by Gasteiger charge is 2.38. The van der Waals surface area contributed by atoms with Crippen LogP contribution >= 0.6 is 0 Å². The second-order valence-electron chi connectivity index (χ2n) is 7.53. The van der Waals surface area contributed by atoms with Gasteiger partial charge in [-0.15, -0.1) is 0 Å². The topological polar surface area (TPSA) is 145 Å². The van der Waals surface area contributed by atoms with Gasteiger partial charge in [0.2, 0.25) is 5.95 Å². The lowest BCUT2D eigenvalue weighted by Crippen LogP contribution is -2.21. The van der Waals surface area contributed by atoms with Crippen LogP contribution in [0, 0.1) is 5.82 Å². The molecule has 2 aromatic carbocycles. The average molecular weight is 519 g/mol. The smallest absolute Gasteiger partial charge is 0.475 e. The summed E-state index contributed by atoms with van der Waals surface area (Å²) >= 11 is 0. The number of cyclic esters (lactones) is 1. The molecule has 1 aliphatic rings. The Morgan fingerprint density at radius 2 is 1.97 bits per heavy atom. The van der Waals surface area contributed by atoms with Crippen molar-refractivity contribution in [3.05, 3.63) is 60.2 Å². The van der Waals surface area contributed by atoms with E-state index in [-0.39, 0.29) is 18.4 Å². The number of carbonyl (C=O) groups excluding carboxylic acids is 1. The van der Waals surface area contributed by atoms with Crippen molar-refractivity contribution in [2.24, 2.45) is 0 Å². The fraction of sp³-hybridized carbons (Fsp3) is 0.136. The van der Waals surface area contributed by atoms with Gasteiger partial charge in [0.1, 0.15) is 6.61 Å². The van der Waals surface area contributed by atoms with Gasteiger partial charge in [-0.1, -0.05) is 6.07 Å². The minimum Gasteiger partial charge on any atom is -0.475 e. The summed E-state index contributed by atoms with van der Waals surface area (Å²) in [5.41, 5.74) is 3.78. The van der Waals surface area contributed by atoms with Gasteiger partial charge in [-0.3, -0.25) is 10.4 Å². The Kier molecular flexibility index (Phi) is 6.77. The molecule has 11 nitrogen and oxygen atoms in total. The molecule has 15 heteroatoms. The van der Waals surface area contributed by atoms with E-state index < -0.39 is 24.1 Å². The molecule has 0 saturated heterocycles. The van der Waals surface area contributed by atoms with Crippen LogP contribution in [0.2, 0.25) is 0 Å². The van der Waals surface area contributed by atoms with Crippen LogP contribution in [0.4, 0.5) is 51.2 Å². The maximum absolute atomic E-state index is 14.6. The molecule has 37 heavy (non-hydrogen) atoms. The molecule has 0 spiro atoms. The monoisotopic (exact) mass is 519 g/mol. The van der Waals surface area contributed by atoms with Gasteiger partial charge in [-0.2, -0.15) is 23.3 Å². The highest BCUT2D eigenvalue weighted by atomic mass is 19.4. The number of anilines is 5. The zero-order chi connectivity index (χ0) is 26.7. The van der Waals surface area contributed by atoms with Gasteiger partial charge in [-0.05, 0) is 30.3 Å². The van der Waals surface area contributed by atoms with E-state index in [0.29, 0.717) is 11.4 Å². The first kappa shape index (κ1) is 25.2. The van der Waals surface area contributed by atoms with E-state index >= 15 is 0 Å². The number of carboxylic acids is 1. The van der Waals surface area contributed by atoms with Crippen LogP contribution < -0.4 is 15.5 Å². The first-order valence-corrected chi connectivity index (χ1v) is 10.3. The molecule has 0 fully saturated rings. The number of rotatable bonds is 4. The van der Waals surface area contributed by atoms with Crippen LogP contribution in [0.25, 0.3) is 10.9 Å². The van der Waals surface area contributed by atoms with E-state index in [9.17, 15) is 22.4 Å². The minimum absolute atomic E-state index is 0.120. The predicted octanol–water partition coefficient (Wildman–Crippen LogP) is 4.70. The molecule has 1 aliphatic heterocycles. The lowest BCUT2D eigenvalue weighted by Gasteiger charge is -2.20. The number of ether oxygens (including phenoxy) is 1. The minimum atomic E-state index is -5.08. The normalized spacial score (nSPS) is 12.5. The SMILES string of the molecule is CN(c1nc(Nc2ccc3c(c2)COC(=O)N3)ncc1F)c1cccc2[nH]ncc12.O=C(O)C(F)(F)F. The fourth-order valence-electron chi connectivity index (χ4n) is 3.34. The second-order valence-corrected chi connectivity index (χ2v) is 7.53. The molecular formula is C22H17F4N7O4. The molecular weight excluding hydrogens is 502 g/mol. The predicted molar refractivity (Wildman–Crippen MR) is 123 cm³/mol. The summed E-state index contributed by atoms with van der Waals surface area (Å²) in [6.45, 7) is 0.170. The molecule has 3 heterocycles. The van der Waals surface area contributed by atoms with E-state index in [1.807, 2.05) is 24.3 Å². The van der Waals surface area contributed by atoms with Crippen molar-refractivity contribution >= 4 is 51.8 Å². The third kappa shape index (κ3) is 5.66. The fourth-order valence-corrected chi connectivity index (χ4v) is 3.34. The number of benzene rings is 2. The van der Waals surface area contributed by atoms with Crippen LogP contribution in [-0.2, 0) is 16.1 Å². The molecule has 0 saturated carbocycles. The zero-order valence-corrected chi connectivity index (χ0v) is 18.8. The molecule has 0 unspecified atom stereocenters. The Bertz CT molecular complexity index is 1480. The second kappa shape index (κ2) is 9.96. The van der Waals surface area contributed by atoms with E-state index in [4.69, 9.17) is 14.6 Å². The number of H-pyrrole nitrogens is 1. The number of carbonyl (C=O) groups is 2. The summed E-state index contributed by atoms with van der Waals surface area (Å²) in [5.74, 6) is -2.95. The molecule has 2 aromatic heterocycles. The van der Waals surface area contributed by atoms with Crippen LogP contribution in [0.1, 0.15) is 5.56 Å². The van der Waals surface area contributed by atoms with E-state index in [0.717, 1.165) is 28.4 Å². The number of hydrogen-bond donors (Lipinski definition) is 4. The lowest BCUT2D eigenvalue weighted by molar-refractivity contribution is -0.192. The number of carboxylic acid groups (broad SMARTS) is 1. The van der Waals surface area contributed by atoms with Gasteiger partial charge in [0.25, 0.3) is 0 Å². The highest BCUT2D eigenvalue weighted by Crippen LogP contribution is 2.31. The highest BCUT2D eigenvalue weighted by molar-refractivity contribution is 5.93. The summed E-state index contributed by atoms with van der Waals surface area (Å²) in [5, 5.41) is 20.6. The number of fused-ring (bicyclic) bond motifs is 2. The van der Waals surface area contributed by atoms with Gasteiger partial charge >= 0.3 is 18.2 Å². The van der Waals surface area contributed by atoms with Gasteiger partial charge < -0.3 is 20.1 Å². The number of aliphatic carboxylic acids is 1. The van der Waals surface area contributed by atoms with E-state index in [1.165, 1.54) is 0 Å². The van der Waals surface area contributed by atoms with E-state index in [2.05, 4.69) is 30.8 Å². The van der Waals surface area contributed by atoms with Crippen LogP contribution in [0.5, 0.6) is 0 Å². The number of amides is 1. The molecule has 0 radical (unpaired) electrons. The van der Waals surface area contributed by atoms with Crippen molar-refractivity contribution in [2.45, 2.75) is 12.8 Å². The third-order valence-electron chi connectivity index (χ3n) is 5.07. The molecule has 0 aliphatic carbocycles. The number of hydrogen-bond acceptors (Lipinski definition) is 8. The first-order valence-electron chi connectivity index (χ1n) is 10.3. The Morgan fingerprint density at radius 1 is 1.22 bits per heavy atom. The Morgan fingerprint density at radius 3 is 2.70 bits per heavy atom. The Labute approximate surface area is 205 Å². The molecule has 0 bridgehead atoms. The number of aromatic amines is 1. The van der Waals surface area contributed by atoms with Gasteiger partial charge in [-0.25, -0.2) is 19.0 Å². The lowest BCUT2D eigenvalue weighted by atomic mass is 10.1. The van der Waals surface area contributed by atoms with Crippen molar-refractivity contribution in [1.82, 2.24) is 20.2 Å². The first-order chi connectivity index (χ1) is 17.5. The zero-order valence-electron chi connectivity index (χ0n) is 18.8.